The van der Waals surface area contributed by atoms with Gasteiger partial charge < -0.3 is 20.1 Å². The van der Waals surface area contributed by atoms with Crippen molar-refractivity contribution in [2.24, 2.45) is 0 Å². The van der Waals surface area contributed by atoms with Crippen molar-refractivity contribution in [2.75, 3.05) is 26.3 Å². The largest absolute Gasteiger partial charge is 0.387 e. The molecule has 0 aromatic carbocycles. The van der Waals surface area contributed by atoms with Crippen LogP contribution in [0.25, 0.3) is 0 Å². The minimum absolute atomic E-state index is 0.0359. The second kappa shape index (κ2) is 7.76. The second-order valence-corrected chi connectivity index (χ2v) is 9.44. The third kappa shape index (κ3) is 3.48. The van der Waals surface area contributed by atoms with Gasteiger partial charge in [0.15, 0.2) is 0 Å². The van der Waals surface area contributed by atoms with Crippen LogP contribution in [0.3, 0.4) is 0 Å². The van der Waals surface area contributed by atoms with Crippen LogP contribution >= 0.6 is 11.3 Å². The smallest absolute Gasteiger partial charge is 0.261 e. The van der Waals surface area contributed by atoms with Crippen molar-refractivity contribution in [3.8, 4) is 0 Å². The maximum Gasteiger partial charge on any atom is 0.261 e. The Labute approximate surface area is 170 Å². The lowest BCUT2D eigenvalue weighted by Gasteiger charge is -2.43. The minimum atomic E-state index is -0.443. The number of carbonyl (C=O) groups excluding carboxylic acids is 2. The molecule has 1 spiro atoms. The Kier molecular flexibility index (Phi) is 5.51. The van der Waals surface area contributed by atoms with E-state index in [1.165, 1.54) is 18.4 Å². The topological polar surface area (TPSA) is 78.9 Å². The van der Waals surface area contributed by atoms with Gasteiger partial charge in [0, 0.05) is 23.5 Å². The lowest BCUT2D eigenvalue weighted by Crippen LogP contribution is -2.48. The Morgan fingerprint density at radius 1 is 1.25 bits per heavy atom. The highest BCUT2D eigenvalue weighted by Crippen LogP contribution is 2.45. The number of aliphatic hydroxyl groups excluding tert-OH is 1. The lowest BCUT2D eigenvalue weighted by atomic mass is 9.85. The van der Waals surface area contributed by atoms with Crippen molar-refractivity contribution in [1.82, 2.24) is 10.2 Å². The second-order valence-electron chi connectivity index (χ2n) is 8.39. The summed E-state index contributed by atoms with van der Waals surface area (Å²) in [6.45, 7) is 3.53. The number of hydrogen-bond donors (Lipinski definition) is 2. The molecule has 7 heteroatoms. The predicted octanol–water partition coefficient (Wildman–Crippen LogP) is 2.58. The number of fused-ring (bicyclic) bond motifs is 2. The predicted molar refractivity (Wildman–Crippen MR) is 108 cm³/mol. The minimum Gasteiger partial charge on any atom is -0.387 e. The van der Waals surface area contributed by atoms with E-state index in [9.17, 15) is 9.59 Å². The lowest BCUT2D eigenvalue weighted by molar-refractivity contribution is -0.143. The molecule has 2 fully saturated rings. The number of thiophene rings is 1. The van der Waals surface area contributed by atoms with Crippen LogP contribution in [-0.2, 0) is 21.6 Å². The normalized spacial score (nSPS) is 22.9. The fourth-order valence-corrected chi connectivity index (χ4v) is 6.35. The molecule has 1 aromatic heterocycles. The molecule has 4 rings (SSSR count). The average molecular weight is 407 g/mol. The monoisotopic (exact) mass is 406 g/mol. The van der Waals surface area contributed by atoms with Crippen LogP contribution in [0.5, 0.6) is 0 Å². The fourth-order valence-electron chi connectivity index (χ4n) is 5.04. The van der Waals surface area contributed by atoms with Crippen molar-refractivity contribution in [3.05, 3.63) is 21.4 Å². The molecule has 3 heterocycles. The summed E-state index contributed by atoms with van der Waals surface area (Å²) in [5.41, 5.74) is 0.796. The summed E-state index contributed by atoms with van der Waals surface area (Å²) in [7, 11) is 0. The fraction of sp³-hybridized carbons (Fsp3) is 0.714. The Hall–Kier alpha value is -1.44. The Bertz CT molecular complexity index is 746. The number of amides is 2. The number of nitrogens with zero attached hydrogens (tertiary/aromatic N) is 1. The molecule has 2 N–H and O–H groups in total. The summed E-state index contributed by atoms with van der Waals surface area (Å²) in [5, 5.41) is 12.4. The zero-order valence-corrected chi connectivity index (χ0v) is 17.4. The van der Waals surface area contributed by atoms with Crippen LogP contribution in [0, 0.1) is 0 Å². The van der Waals surface area contributed by atoms with E-state index < -0.39 is 12.2 Å². The summed E-state index contributed by atoms with van der Waals surface area (Å²) in [4.78, 5) is 28.4. The van der Waals surface area contributed by atoms with E-state index in [1.807, 2.05) is 0 Å². The van der Waals surface area contributed by atoms with Crippen LogP contribution < -0.4 is 5.32 Å². The molecule has 0 unspecified atom stereocenters. The number of carbonyl (C=O) groups is 2. The van der Waals surface area contributed by atoms with Crippen LogP contribution in [0.1, 0.15) is 72.0 Å². The van der Waals surface area contributed by atoms with E-state index >= 15 is 0 Å². The highest BCUT2D eigenvalue weighted by Gasteiger charge is 2.44. The van der Waals surface area contributed by atoms with Gasteiger partial charge in [0.05, 0.1) is 11.5 Å². The van der Waals surface area contributed by atoms with Gasteiger partial charge in [-0.3, -0.25) is 9.59 Å². The first-order valence-electron chi connectivity index (χ1n) is 10.5. The van der Waals surface area contributed by atoms with Gasteiger partial charge in [-0.2, -0.15) is 0 Å². The Balaban J connectivity index is 1.52. The van der Waals surface area contributed by atoms with Crippen LogP contribution in [0.15, 0.2) is 6.07 Å². The zero-order chi connectivity index (χ0) is 19.8. The van der Waals surface area contributed by atoms with E-state index in [1.54, 1.807) is 16.2 Å². The van der Waals surface area contributed by atoms with E-state index in [2.05, 4.69) is 18.3 Å². The van der Waals surface area contributed by atoms with Gasteiger partial charge in [0.1, 0.15) is 12.2 Å². The number of likely N-dealkylation sites (tertiary alicyclic amines) is 1. The molecule has 2 aliphatic heterocycles. The first-order valence-corrected chi connectivity index (χ1v) is 11.3. The zero-order valence-electron chi connectivity index (χ0n) is 16.6. The van der Waals surface area contributed by atoms with Gasteiger partial charge in [-0.25, -0.2) is 0 Å². The molecule has 1 aromatic rings. The molecule has 28 heavy (non-hydrogen) atoms. The summed E-state index contributed by atoms with van der Waals surface area (Å²) in [5.74, 6) is -0.176. The Morgan fingerprint density at radius 3 is 2.61 bits per heavy atom. The maximum atomic E-state index is 13.0. The molecule has 154 valence electrons. The third-order valence-corrected chi connectivity index (χ3v) is 8.23. The van der Waals surface area contributed by atoms with Gasteiger partial charge in [-0.05, 0) is 50.2 Å². The van der Waals surface area contributed by atoms with Gasteiger partial charge in [-0.15, -0.1) is 11.3 Å². The van der Waals surface area contributed by atoms with Crippen molar-refractivity contribution in [1.29, 1.82) is 0 Å². The highest BCUT2D eigenvalue weighted by molar-refractivity contribution is 7.14. The summed E-state index contributed by atoms with van der Waals surface area (Å²) in [6, 6.07) is 2.06. The molecule has 3 aliphatic rings. The Morgan fingerprint density at radius 2 is 1.96 bits per heavy atom. The van der Waals surface area contributed by atoms with Gasteiger partial charge in [0.25, 0.3) is 5.91 Å². The van der Waals surface area contributed by atoms with E-state index in [-0.39, 0.29) is 17.4 Å². The molecular weight excluding hydrogens is 376 g/mol. The van der Waals surface area contributed by atoms with Crippen molar-refractivity contribution >= 4 is 23.2 Å². The first-order chi connectivity index (χ1) is 13.5. The van der Waals surface area contributed by atoms with E-state index in [0.29, 0.717) is 32.5 Å². The molecule has 0 atom stereocenters. The van der Waals surface area contributed by atoms with Gasteiger partial charge >= 0.3 is 0 Å². The van der Waals surface area contributed by atoms with E-state index in [4.69, 9.17) is 9.84 Å². The number of piperidine rings is 1. The van der Waals surface area contributed by atoms with Crippen molar-refractivity contribution < 1.29 is 19.4 Å². The highest BCUT2D eigenvalue weighted by atomic mass is 32.1. The molecule has 1 saturated heterocycles. The molecular formula is C21H30N2O4S. The summed E-state index contributed by atoms with van der Waals surface area (Å²) >= 11 is 1.57. The van der Waals surface area contributed by atoms with Crippen molar-refractivity contribution in [2.45, 2.75) is 69.4 Å². The van der Waals surface area contributed by atoms with Crippen molar-refractivity contribution in [3.63, 3.8) is 0 Å². The molecule has 6 nitrogen and oxygen atoms in total. The number of aliphatic hydroxyl groups is 1. The quantitative estimate of drug-likeness (QED) is 0.806. The number of ether oxygens (including phenoxy) is 1. The SMILES string of the molecule is CCC1(NC(=O)c2cc3c(s2)C2(CCN(C(=O)CO)CC2)OCC3)CCCC1. The molecule has 2 amide bonds. The number of rotatable bonds is 4. The van der Waals surface area contributed by atoms with Crippen LogP contribution in [-0.4, -0.2) is 53.7 Å². The summed E-state index contributed by atoms with van der Waals surface area (Å²) < 4.78 is 6.24. The standard InChI is InChI=1S/C21H30N2O4S/c1-2-20(6-3-4-7-20)22-19(26)16-13-15-5-12-27-21(18(15)28-16)8-10-23(11-9-21)17(25)14-24/h13,24H,2-12,14H2,1H3,(H,22,26). The molecule has 1 aliphatic carbocycles. The maximum absolute atomic E-state index is 13.0. The third-order valence-electron chi connectivity index (χ3n) is 6.87. The summed E-state index contributed by atoms with van der Waals surface area (Å²) in [6.07, 6.45) is 7.76. The average Bonchev–Trinajstić information content (AvgIpc) is 3.36. The van der Waals surface area contributed by atoms with Gasteiger partial charge in [-0.1, -0.05) is 19.8 Å². The van der Waals surface area contributed by atoms with E-state index in [0.717, 1.165) is 35.4 Å². The van der Waals surface area contributed by atoms with Crippen LogP contribution in [0.4, 0.5) is 0 Å². The molecule has 1 saturated carbocycles. The first kappa shape index (κ1) is 19.9. The van der Waals surface area contributed by atoms with Crippen LogP contribution in [0.2, 0.25) is 0 Å². The number of hydrogen-bond acceptors (Lipinski definition) is 5. The number of nitrogens with one attached hydrogen (secondary N) is 1. The van der Waals surface area contributed by atoms with Gasteiger partial charge in [0.2, 0.25) is 5.91 Å². The molecule has 0 bridgehead atoms. The molecule has 0 radical (unpaired) electrons.